The van der Waals surface area contributed by atoms with Crippen LogP contribution in [-0.4, -0.2) is 0 Å². The molecule has 0 bridgehead atoms. The van der Waals surface area contributed by atoms with Crippen molar-refractivity contribution in [3.63, 3.8) is 0 Å². The van der Waals surface area contributed by atoms with E-state index in [0.29, 0.717) is 0 Å². The van der Waals surface area contributed by atoms with Crippen LogP contribution in [0.1, 0.15) is 11.1 Å². The first-order valence-corrected chi connectivity index (χ1v) is 4.34. The zero-order valence-electron chi connectivity index (χ0n) is 7.76. The zero-order chi connectivity index (χ0) is 9.42. The van der Waals surface area contributed by atoms with E-state index >= 15 is 0 Å². The number of halogens is 1. The van der Waals surface area contributed by atoms with Gasteiger partial charge in [-0.3, -0.25) is 0 Å². The van der Waals surface area contributed by atoms with Crippen molar-refractivity contribution >= 4 is 10.8 Å². The molecule has 0 aliphatic rings. The van der Waals surface area contributed by atoms with Gasteiger partial charge in [0.25, 0.3) is 0 Å². The molecule has 0 N–H and O–H groups in total. The van der Waals surface area contributed by atoms with Gasteiger partial charge >= 0.3 is 0 Å². The minimum atomic E-state index is -0.166. The topological polar surface area (TPSA) is 0 Å². The molecule has 1 heteroatoms. The molecule has 0 aliphatic carbocycles. The van der Waals surface area contributed by atoms with Gasteiger partial charge in [0.05, 0.1) is 0 Å². The Balaban J connectivity index is 2.92. The Kier molecular flexibility index (Phi) is 1.80. The van der Waals surface area contributed by atoms with Gasteiger partial charge in [-0.05, 0) is 47.9 Å². The lowest BCUT2D eigenvalue weighted by atomic mass is 10.0. The van der Waals surface area contributed by atoms with E-state index in [9.17, 15) is 4.39 Å². The predicted molar refractivity (Wildman–Crippen MR) is 53.4 cm³/mol. The van der Waals surface area contributed by atoms with E-state index in [2.05, 4.69) is 6.07 Å². The van der Waals surface area contributed by atoms with Gasteiger partial charge in [0.2, 0.25) is 0 Å². The molecule has 2 rings (SSSR count). The van der Waals surface area contributed by atoms with E-state index < -0.39 is 0 Å². The van der Waals surface area contributed by atoms with Crippen LogP contribution in [-0.2, 0) is 0 Å². The lowest BCUT2D eigenvalue weighted by Gasteiger charge is -2.04. The highest BCUT2D eigenvalue weighted by molar-refractivity contribution is 5.88. The SMILES string of the molecule is Cc1ccc(C)c2cc(F)ccc12. The quantitative estimate of drug-likeness (QED) is 0.572. The van der Waals surface area contributed by atoms with Crippen molar-refractivity contribution < 1.29 is 4.39 Å². The van der Waals surface area contributed by atoms with Gasteiger partial charge in [-0.25, -0.2) is 4.39 Å². The van der Waals surface area contributed by atoms with Gasteiger partial charge < -0.3 is 0 Å². The molecule has 0 radical (unpaired) electrons. The molecule has 0 fully saturated rings. The summed E-state index contributed by atoms with van der Waals surface area (Å²) in [5, 5.41) is 2.15. The largest absolute Gasteiger partial charge is 0.207 e. The maximum Gasteiger partial charge on any atom is 0.123 e. The van der Waals surface area contributed by atoms with Crippen molar-refractivity contribution in [2.75, 3.05) is 0 Å². The Bertz CT molecular complexity index is 458. The van der Waals surface area contributed by atoms with Gasteiger partial charge in [-0.15, -0.1) is 0 Å². The second-order valence-electron chi connectivity index (χ2n) is 3.39. The Morgan fingerprint density at radius 2 is 1.46 bits per heavy atom. The lowest BCUT2D eigenvalue weighted by Crippen LogP contribution is -1.83. The van der Waals surface area contributed by atoms with Crippen molar-refractivity contribution in [3.8, 4) is 0 Å². The number of fused-ring (bicyclic) bond motifs is 1. The van der Waals surface area contributed by atoms with E-state index in [1.165, 1.54) is 11.6 Å². The highest BCUT2D eigenvalue weighted by Gasteiger charge is 2.00. The van der Waals surface area contributed by atoms with Crippen molar-refractivity contribution in [3.05, 3.63) is 47.3 Å². The van der Waals surface area contributed by atoms with Gasteiger partial charge in [0.1, 0.15) is 5.82 Å². The molecule has 13 heavy (non-hydrogen) atoms. The summed E-state index contributed by atoms with van der Waals surface area (Å²) >= 11 is 0. The van der Waals surface area contributed by atoms with E-state index in [4.69, 9.17) is 0 Å². The summed E-state index contributed by atoms with van der Waals surface area (Å²) < 4.78 is 12.9. The fourth-order valence-electron chi connectivity index (χ4n) is 1.62. The molecule has 0 heterocycles. The van der Waals surface area contributed by atoms with Crippen molar-refractivity contribution in [1.82, 2.24) is 0 Å². The molecule has 0 aliphatic heterocycles. The molecule has 0 saturated heterocycles. The molecule has 2 aromatic carbocycles. The molecule has 0 nitrogen and oxygen atoms in total. The molecular weight excluding hydrogens is 163 g/mol. The average molecular weight is 174 g/mol. The highest BCUT2D eigenvalue weighted by atomic mass is 19.1. The van der Waals surface area contributed by atoms with Gasteiger partial charge in [0, 0.05) is 0 Å². The first kappa shape index (κ1) is 8.24. The molecule has 66 valence electrons. The van der Waals surface area contributed by atoms with Crippen LogP contribution >= 0.6 is 0 Å². The smallest absolute Gasteiger partial charge is 0.123 e. The van der Waals surface area contributed by atoms with Crippen LogP contribution in [0.4, 0.5) is 4.39 Å². The third-order valence-electron chi connectivity index (χ3n) is 2.41. The summed E-state index contributed by atoms with van der Waals surface area (Å²) in [6, 6.07) is 9.03. The summed E-state index contributed by atoms with van der Waals surface area (Å²) in [6.07, 6.45) is 0. The predicted octanol–water partition coefficient (Wildman–Crippen LogP) is 3.60. The number of hydrogen-bond donors (Lipinski definition) is 0. The van der Waals surface area contributed by atoms with Crippen molar-refractivity contribution in [1.29, 1.82) is 0 Å². The monoisotopic (exact) mass is 174 g/mol. The Morgan fingerprint density at radius 3 is 2.15 bits per heavy atom. The summed E-state index contributed by atoms with van der Waals surface area (Å²) in [5.74, 6) is -0.166. The number of benzene rings is 2. The minimum absolute atomic E-state index is 0.166. The number of rotatable bonds is 0. The summed E-state index contributed by atoms with van der Waals surface area (Å²) in [6.45, 7) is 4.04. The molecule has 0 atom stereocenters. The third kappa shape index (κ3) is 1.31. The van der Waals surface area contributed by atoms with E-state index in [-0.39, 0.29) is 5.82 Å². The Labute approximate surface area is 77.0 Å². The molecular formula is C12H11F. The maximum atomic E-state index is 12.9. The standard InChI is InChI=1S/C12H11F/c1-8-3-4-9(2)12-7-10(13)5-6-11(8)12/h3-7H,1-2H3. The fourth-order valence-corrected chi connectivity index (χ4v) is 1.62. The van der Waals surface area contributed by atoms with E-state index in [0.717, 1.165) is 16.3 Å². The van der Waals surface area contributed by atoms with E-state index in [1.54, 1.807) is 6.07 Å². The van der Waals surface area contributed by atoms with Crippen LogP contribution < -0.4 is 0 Å². The van der Waals surface area contributed by atoms with Gasteiger partial charge in [-0.1, -0.05) is 18.2 Å². The first-order valence-electron chi connectivity index (χ1n) is 4.34. The molecule has 0 unspecified atom stereocenters. The van der Waals surface area contributed by atoms with Gasteiger partial charge in [0.15, 0.2) is 0 Å². The average Bonchev–Trinajstić information content (AvgIpc) is 2.12. The van der Waals surface area contributed by atoms with Crippen LogP contribution in [0.5, 0.6) is 0 Å². The minimum Gasteiger partial charge on any atom is -0.207 e. The van der Waals surface area contributed by atoms with Gasteiger partial charge in [-0.2, -0.15) is 0 Å². The van der Waals surface area contributed by atoms with Crippen molar-refractivity contribution in [2.45, 2.75) is 13.8 Å². The summed E-state index contributed by atoms with van der Waals surface area (Å²) in [4.78, 5) is 0. The fraction of sp³-hybridized carbons (Fsp3) is 0.167. The normalized spacial score (nSPS) is 10.7. The van der Waals surface area contributed by atoms with Crippen molar-refractivity contribution in [2.24, 2.45) is 0 Å². The van der Waals surface area contributed by atoms with Crippen LogP contribution in [0.2, 0.25) is 0 Å². The van der Waals surface area contributed by atoms with Crippen LogP contribution in [0, 0.1) is 19.7 Å². The number of aryl methyl sites for hydroxylation is 2. The van der Waals surface area contributed by atoms with Crippen LogP contribution in [0.25, 0.3) is 10.8 Å². The second-order valence-corrected chi connectivity index (χ2v) is 3.39. The highest BCUT2D eigenvalue weighted by Crippen LogP contribution is 2.22. The van der Waals surface area contributed by atoms with Crippen LogP contribution in [0.15, 0.2) is 30.3 Å². The Hall–Kier alpha value is -1.37. The maximum absolute atomic E-state index is 12.9. The first-order chi connectivity index (χ1) is 6.18. The molecule has 0 amide bonds. The number of hydrogen-bond acceptors (Lipinski definition) is 0. The second kappa shape index (κ2) is 2.84. The zero-order valence-corrected chi connectivity index (χ0v) is 7.76. The molecule has 2 aromatic rings. The lowest BCUT2D eigenvalue weighted by molar-refractivity contribution is 0.629. The third-order valence-corrected chi connectivity index (χ3v) is 2.41. The van der Waals surface area contributed by atoms with E-state index in [1.807, 2.05) is 26.0 Å². The molecule has 0 spiro atoms. The molecule has 0 aromatic heterocycles. The molecule has 0 saturated carbocycles. The Morgan fingerprint density at radius 1 is 0.846 bits per heavy atom. The summed E-state index contributed by atoms with van der Waals surface area (Å²) in [5.41, 5.74) is 2.32. The summed E-state index contributed by atoms with van der Waals surface area (Å²) in [7, 11) is 0. The van der Waals surface area contributed by atoms with Crippen LogP contribution in [0.3, 0.4) is 0 Å².